The Morgan fingerprint density at radius 3 is 2.96 bits per heavy atom. The summed E-state index contributed by atoms with van der Waals surface area (Å²) in [5.41, 5.74) is 3.03. The third-order valence-corrected chi connectivity index (χ3v) is 6.10. The van der Waals surface area contributed by atoms with Crippen LogP contribution in [0, 0.1) is 5.92 Å². The molecule has 0 aliphatic heterocycles. The summed E-state index contributed by atoms with van der Waals surface area (Å²) in [5.74, 6) is 1.24. The fraction of sp³-hybridized carbons (Fsp3) is 0.364. The summed E-state index contributed by atoms with van der Waals surface area (Å²) in [4.78, 5) is 17.4. The standard InChI is InChI=1S/C22H23NO2S/c1-2-3-6-16-10-9-15-11-12-17(13-18(15)22(16)24)25-14-21-23-19-7-4-5-8-20(19)26-21/h4-5,7-8,11-13,16H,2-3,6,9-10,14H2,1H3. The average Bonchev–Trinajstić information content (AvgIpc) is 3.09. The first kappa shape index (κ1) is 17.2. The van der Waals surface area contributed by atoms with Crippen LogP contribution in [0.4, 0.5) is 0 Å². The van der Waals surface area contributed by atoms with Gasteiger partial charge in [0, 0.05) is 11.5 Å². The molecule has 0 amide bonds. The number of fused-ring (bicyclic) bond motifs is 2. The molecule has 0 saturated heterocycles. The predicted molar refractivity (Wildman–Crippen MR) is 106 cm³/mol. The maximum atomic E-state index is 12.8. The normalized spacial score (nSPS) is 16.7. The minimum atomic E-state index is 0.182. The second kappa shape index (κ2) is 7.58. The van der Waals surface area contributed by atoms with E-state index in [0.717, 1.165) is 59.5 Å². The number of carbonyl (C=O) groups is 1. The Bertz CT molecular complexity index is 898. The van der Waals surface area contributed by atoms with Gasteiger partial charge in [-0.3, -0.25) is 4.79 Å². The van der Waals surface area contributed by atoms with Crippen molar-refractivity contribution in [1.29, 1.82) is 0 Å². The molecule has 26 heavy (non-hydrogen) atoms. The Labute approximate surface area is 158 Å². The van der Waals surface area contributed by atoms with Crippen LogP contribution in [0.5, 0.6) is 5.75 Å². The van der Waals surface area contributed by atoms with Crippen molar-refractivity contribution in [2.75, 3.05) is 0 Å². The number of carbonyl (C=O) groups excluding carboxylic acids is 1. The summed E-state index contributed by atoms with van der Waals surface area (Å²) < 4.78 is 7.12. The van der Waals surface area contributed by atoms with Crippen LogP contribution in [0.1, 0.15) is 53.5 Å². The molecule has 3 nitrogen and oxygen atoms in total. The van der Waals surface area contributed by atoms with Crippen LogP contribution in [0.3, 0.4) is 0 Å². The van der Waals surface area contributed by atoms with Gasteiger partial charge in [0.15, 0.2) is 5.78 Å². The van der Waals surface area contributed by atoms with E-state index < -0.39 is 0 Å². The highest BCUT2D eigenvalue weighted by atomic mass is 32.1. The third-order valence-electron chi connectivity index (χ3n) is 5.09. The molecule has 0 fully saturated rings. The number of hydrogen-bond donors (Lipinski definition) is 0. The number of unbranched alkanes of at least 4 members (excludes halogenated alkanes) is 1. The summed E-state index contributed by atoms with van der Waals surface area (Å²) in [6, 6.07) is 14.1. The second-order valence-corrected chi connectivity index (χ2v) is 8.04. The van der Waals surface area contributed by atoms with E-state index in [1.807, 2.05) is 30.3 Å². The van der Waals surface area contributed by atoms with Gasteiger partial charge in [0.2, 0.25) is 0 Å². The fourth-order valence-electron chi connectivity index (χ4n) is 3.63. The molecule has 1 atom stereocenters. The molecular weight excluding hydrogens is 342 g/mol. The van der Waals surface area contributed by atoms with E-state index in [4.69, 9.17) is 4.74 Å². The number of benzene rings is 2. The maximum Gasteiger partial charge on any atom is 0.166 e. The van der Waals surface area contributed by atoms with Gasteiger partial charge in [0.25, 0.3) is 0 Å². The molecular formula is C22H23NO2S. The topological polar surface area (TPSA) is 39.2 Å². The van der Waals surface area contributed by atoms with Gasteiger partial charge in [0.05, 0.1) is 10.2 Å². The van der Waals surface area contributed by atoms with Gasteiger partial charge in [-0.25, -0.2) is 4.98 Å². The molecule has 4 heteroatoms. The Morgan fingerprint density at radius 1 is 1.23 bits per heavy atom. The lowest BCUT2D eigenvalue weighted by Crippen LogP contribution is -2.22. The van der Waals surface area contributed by atoms with Crippen molar-refractivity contribution in [3.8, 4) is 5.75 Å². The maximum absolute atomic E-state index is 12.8. The lowest BCUT2D eigenvalue weighted by Gasteiger charge is -2.23. The molecule has 1 heterocycles. The summed E-state index contributed by atoms with van der Waals surface area (Å²) in [7, 11) is 0. The van der Waals surface area contributed by atoms with Crippen molar-refractivity contribution in [3.63, 3.8) is 0 Å². The molecule has 1 unspecified atom stereocenters. The molecule has 0 spiro atoms. The number of nitrogens with zero attached hydrogens (tertiary/aromatic N) is 1. The molecule has 3 aromatic rings. The van der Waals surface area contributed by atoms with Crippen LogP contribution in [0.15, 0.2) is 42.5 Å². The smallest absolute Gasteiger partial charge is 0.166 e. The summed E-state index contributed by atoms with van der Waals surface area (Å²) >= 11 is 1.65. The van der Waals surface area contributed by atoms with Crippen molar-refractivity contribution >= 4 is 27.3 Å². The van der Waals surface area contributed by atoms with Crippen LogP contribution < -0.4 is 4.74 Å². The minimum absolute atomic E-state index is 0.182. The first-order valence-corrected chi connectivity index (χ1v) is 10.2. The summed E-state index contributed by atoms with van der Waals surface area (Å²) in [5, 5.41) is 0.955. The lowest BCUT2D eigenvalue weighted by molar-refractivity contribution is 0.0892. The van der Waals surface area contributed by atoms with E-state index in [0.29, 0.717) is 12.4 Å². The Balaban J connectivity index is 1.48. The first-order chi connectivity index (χ1) is 12.7. The highest BCUT2D eigenvalue weighted by Gasteiger charge is 2.27. The summed E-state index contributed by atoms with van der Waals surface area (Å²) in [6.07, 6.45) is 5.25. The van der Waals surface area contributed by atoms with Gasteiger partial charge in [-0.05, 0) is 49.1 Å². The zero-order valence-corrected chi connectivity index (χ0v) is 15.8. The molecule has 134 valence electrons. The first-order valence-electron chi connectivity index (χ1n) is 9.39. The van der Waals surface area contributed by atoms with Crippen molar-refractivity contribution in [2.24, 2.45) is 5.92 Å². The SMILES string of the molecule is CCCCC1CCc2ccc(OCc3nc4ccccc4s3)cc2C1=O. The van der Waals surface area contributed by atoms with Crippen molar-refractivity contribution < 1.29 is 9.53 Å². The number of aryl methyl sites for hydroxylation is 1. The van der Waals surface area contributed by atoms with Gasteiger partial charge in [-0.2, -0.15) is 0 Å². The number of Topliss-reactive ketones (excluding diaryl/α,β-unsaturated/α-hetero) is 1. The number of thiazole rings is 1. The number of ether oxygens (including phenoxy) is 1. The van der Waals surface area contributed by atoms with E-state index >= 15 is 0 Å². The van der Waals surface area contributed by atoms with Crippen molar-refractivity contribution in [2.45, 2.75) is 45.6 Å². The van der Waals surface area contributed by atoms with E-state index in [9.17, 15) is 4.79 Å². The number of para-hydroxylation sites is 1. The monoisotopic (exact) mass is 365 g/mol. The summed E-state index contributed by atoms with van der Waals surface area (Å²) in [6.45, 7) is 2.61. The molecule has 2 aromatic carbocycles. The van der Waals surface area contributed by atoms with E-state index in [1.54, 1.807) is 11.3 Å². The number of aromatic nitrogens is 1. The highest BCUT2D eigenvalue weighted by Crippen LogP contribution is 2.31. The fourth-order valence-corrected chi connectivity index (χ4v) is 4.51. The molecule has 1 aliphatic carbocycles. The zero-order chi connectivity index (χ0) is 17.9. The highest BCUT2D eigenvalue weighted by molar-refractivity contribution is 7.18. The zero-order valence-electron chi connectivity index (χ0n) is 15.0. The van der Waals surface area contributed by atoms with Gasteiger partial charge in [-0.1, -0.05) is 38.0 Å². The van der Waals surface area contributed by atoms with Crippen molar-refractivity contribution in [3.05, 3.63) is 58.6 Å². The van der Waals surface area contributed by atoms with E-state index in [2.05, 4.69) is 24.0 Å². The average molecular weight is 365 g/mol. The third kappa shape index (κ3) is 3.51. The largest absolute Gasteiger partial charge is 0.486 e. The van der Waals surface area contributed by atoms with E-state index in [-0.39, 0.29) is 5.92 Å². The van der Waals surface area contributed by atoms with Crippen molar-refractivity contribution in [1.82, 2.24) is 4.98 Å². The second-order valence-electron chi connectivity index (χ2n) is 6.93. The molecule has 0 bridgehead atoms. The number of ketones is 1. The van der Waals surface area contributed by atoms with Crippen LogP contribution in [-0.4, -0.2) is 10.8 Å². The molecule has 0 radical (unpaired) electrons. The lowest BCUT2D eigenvalue weighted by atomic mass is 9.80. The molecule has 1 aliphatic rings. The van der Waals surface area contributed by atoms with Gasteiger partial charge in [-0.15, -0.1) is 11.3 Å². The number of hydrogen-bond acceptors (Lipinski definition) is 4. The quantitative estimate of drug-likeness (QED) is 0.553. The Morgan fingerprint density at radius 2 is 2.12 bits per heavy atom. The molecule has 0 N–H and O–H groups in total. The van der Waals surface area contributed by atoms with Crippen LogP contribution in [0.2, 0.25) is 0 Å². The molecule has 4 rings (SSSR count). The molecule has 0 saturated carbocycles. The number of rotatable bonds is 6. The van der Waals surface area contributed by atoms with Crippen LogP contribution in [-0.2, 0) is 13.0 Å². The Hall–Kier alpha value is -2.20. The Kier molecular flexibility index (Phi) is 5.02. The van der Waals surface area contributed by atoms with Gasteiger partial charge >= 0.3 is 0 Å². The predicted octanol–water partition coefficient (Wildman–Crippen LogP) is 5.81. The minimum Gasteiger partial charge on any atom is -0.486 e. The van der Waals surface area contributed by atoms with Gasteiger partial charge < -0.3 is 4.74 Å². The van der Waals surface area contributed by atoms with E-state index in [1.165, 1.54) is 4.70 Å². The van der Waals surface area contributed by atoms with Gasteiger partial charge in [0.1, 0.15) is 17.4 Å². The van der Waals surface area contributed by atoms with Crippen LogP contribution in [0.25, 0.3) is 10.2 Å². The molecule has 1 aromatic heterocycles. The van der Waals surface area contributed by atoms with Crippen LogP contribution >= 0.6 is 11.3 Å².